The quantitative estimate of drug-likeness (QED) is 0.532. The van der Waals surface area contributed by atoms with Crippen molar-refractivity contribution >= 4 is 11.8 Å². The summed E-state index contributed by atoms with van der Waals surface area (Å²) in [6, 6.07) is 0. The van der Waals surface area contributed by atoms with Gasteiger partial charge in [-0.2, -0.15) is 13.2 Å². The maximum Gasteiger partial charge on any atom is 0.450 e. The molecule has 0 saturated heterocycles. The minimum atomic E-state index is -4.98. The fraction of sp³-hybridized carbons (Fsp3) is 0.778. The van der Waals surface area contributed by atoms with Crippen molar-refractivity contribution < 1.29 is 27.5 Å². The van der Waals surface area contributed by atoms with Crippen LogP contribution in [0.5, 0.6) is 0 Å². The molecule has 0 aromatic rings. The van der Waals surface area contributed by atoms with Crippen LogP contribution in [-0.2, 0) is 14.3 Å². The number of hydrogen-bond donors (Lipinski definition) is 0. The second kappa shape index (κ2) is 5.72. The molecule has 0 radical (unpaired) electrons. The zero-order valence-corrected chi connectivity index (χ0v) is 8.56. The highest BCUT2D eigenvalue weighted by molar-refractivity contribution is 6.01. The predicted molar refractivity (Wildman–Crippen MR) is 46.1 cm³/mol. The number of Topliss-reactive ketones (excluding diaryl/α,β-unsaturated/α-hetero) is 1. The Hall–Kier alpha value is -1.07. The average molecular weight is 226 g/mol. The molecule has 0 aliphatic heterocycles. The summed E-state index contributed by atoms with van der Waals surface area (Å²) in [5.41, 5.74) is 0. The van der Waals surface area contributed by atoms with Gasteiger partial charge in [0.25, 0.3) is 0 Å². The Balaban J connectivity index is 4.66. The Labute approximate surface area is 85.6 Å². The molecule has 0 aliphatic carbocycles. The van der Waals surface area contributed by atoms with Crippen LogP contribution in [0, 0.1) is 5.92 Å². The number of ketones is 1. The van der Waals surface area contributed by atoms with Crippen LogP contribution in [0.2, 0.25) is 0 Å². The number of ether oxygens (including phenoxy) is 1. The molecule has 0 spiro atoms. The van der Waals surface area contributed by atoms with Gasteiger partial charge in [0.1, 0.15) is 5.92 Å². The lowest BCUT2D eigenvalue weighted by molar-refractivity contribution is -0.181. The molecule has 3 nitrogen and oxygen atoms in total. The number of carbonyl (C=O) groups is 2. The fourth-order valence-corrected chi connectivity index (χ4v) is 1.09. The zero-order chi connectivity index (χ0) is 12.1. The first kappa shape index (κ1) is 13.9. The molecule has 0 rings (SSSR count). The van der Waals surface area contributed by atoms with Crippen molar-refractivity contribution in [2.24, 2.45) is 5.92 Å². The monoisotopic (exact) mass is 226 g/mol. The molecular formula is C9H13F3O3. The molecule has 0 saturated carbocycles. The summed E-state index contributed by atoms with van der Waals surface area (Å²) in [6.45, 7) is 3.03. The first-order chi connectivity index (χ1) is 6.84. The van der Waals surface area contributed by atoms with Gasteiger partial charge in [0, 0.05) is 0 Å². The van der Waals surface area contributed by atoms with Crippen molar-refractivity contribution in [3.8, 4) is 0 Å². The van der Waals surface area contributed by atoms with E-state index in [1.165, 1.54) is 6.92 Å². The Kier molecular flexibility index (Phi) is 5.32. The maximum absolute atomic E-state index is 12.1. The predicted octanol–water partition coefficient (Wildman–Crippen LogP) is 2.10. The van der Waals surface area contributed by atoms with E-state index in [0.717, 1.165) is 0 Å². The number of hydrogen-bond acceptors (Lipinski definition) is 3. The molecule has 0 unspecified atom stereocenters. The van der Waals surface area contributed by atoms with E-state index < -0.39 is 23.8 Å². The topological polar surface area (TPSA) is 43.4 Å². The van der Waals surface area contributed by atoms with Gasteiger partial charge in [0.05, 0.1) is 6.61 Å². The van der Waals surface area contributed by atoms with Crippen molar-refractivity contribution in [1.29, 1.82) is 0 Å². The third-order valence-corrected chi connectivity index (χ3v) is 1.74. The Morgan fingerprint density at radius 2 is 1.80 bits per heavy atom. The summed E-state index contributed by atoms with van der Waals surface area (Å²) < 4.78 is 40.6. The normalized spacial score (nSPS) is 13.4. The van der Waals surface area contributed by atoms with Crippen LogP contribution in [0.4, 0.5) is 13.2 Å². The molecule has 0 heterocycles. The Morgan fingerprint density at radius 1 is 1.27 bits per heavy atom. The largest absolute Gasteiger partial charge is 0.465 e. The Morgan fingerprint density at radius 3 is 2.13 bits per heavy atom. The van der Waals surface area contributed by atoms with E-state index in [1.54, 1.807) is 6.92 Å². The van der Waals surface area contributed by atoms with Crippen LogP contribution in [-0.4, -0.2) is 24.5 Å². The van der Waals surface area contributed by atoms with Gasteiger partial charge in [-0.15, -0.1) is 0 Å². The number of esters is 1. The van der Waals surface area contributed by atoms with Gasteiger partial charge < -0.3 is 4.74 Å². The minimum Gasteiger partial charge on any atom is -0.465 e. The highest BCUT2D eigenvalue weighted by atomic mass is 19.4. The molecule has 0 aliphatic rings. The Bertz CT molecular complexity index is 235. The molecule has 0 N–H and O–H groups in total. The van der Waals surface area contributed by atoms with Crippen LogP contribution in [0.1, 0.15) is 26.7 Å². The van der Waals surface area contributed by atoms with E-state index in [1.807, 2.05) is 0 Å². The lowest BCUT2D eigenvalue weighted by Gasteiger charge is -2.14. The number of alkyl halides is 3. The van der Waals surface area contributed by atoms with Gasteiger partial charge in [-0.05, 0) is 13.3 Å². The summed E-state index contributed by atoms with van der Waals surface area (Å²) in [4.78, 5) is 21.9. The van der Waals surface area contributed by atoms with Gasteiger partial charge in [-0.3, -0.25) is 9.59 Å². The second-order valence-corrected chi connectivity index (χ2v) is 2.96. The van der Waals surface area contributed by atoms with E-state index in [0.29, 0.717) is 6.42 Å². The highest BCUT2D eigenvalue weighted by Crippen LogP contribution is 2.24. The molecule has 1 atom stereocenters. The van der Waals surface area contributed by atoms with Gasteiger partial charge in [0.15, 0.2) is 0 Å². The van der Waals surface area contributed by atoms with Gasteiger partial charge >= 0.3 is 12.1 Å². The van der Waals surface area contributed by atoms with Crippen LogP contribution in [0.3, 0.4) is 0 Å². The SMILES string of the molecule is CCC[C@H](C(=O)OCC)C(=O)C(F)(F)F. The molecular weight excluding hydrogens is 213 g/mol. The fourth-order valence-electron chi connectivity index (χ4n) is 1.09. The number of halogens is 3. The lowest BCUT2D eigenvalue weighted by Crippen LogP contribution is -2.36. The average Bonchev–Trinajstić information content (AvgIpc) is 2.12. The number of carbonyl (C=O) groups excluding carboxylic acids is 2. The van der Waals surface area contributed by atoms with Gasteiger partial charge in [-0.25, -0.2) is 0 Å². The van der Waals surface area contributed by atoms with Crippen LogP contribution in [0.15, 0.2) is 0 Å². The van der Waals surface area contributed by atoms with E-state index in [4.69, 9.17) is 0 Å². The molecule has 0 bridgehead atoms. The van der Waals surface area contributed by atoms with Crippen molar-refractivity contribution in [1.82, 2.24) is 0 Å². The van der Waals surface area contributed by atoms with Crippen molar-refractivity contribution in [3.05, 3.63) is 0 Å². The lowest BCUT2D eigenvalue weighted by atomic mass is 9.98. The van der Waals surface area contributed by atoms with E-state index >= 15 is 0 Å². The summed E-state index contributed by atoms with van der Waals surface area (Å²) >= 11 is 0. The molecule has 6 heteroatoms. The van der Waals surface area contributed by atoms with E-state index in [9.17, 15) is 22.8 Å². The maximum atomic E-state index is 12.1. The summed E-state index contributed by atoms with van der Waals surface area (Å²) in [5.74, 6) is -4.83. The molecule has 15 heavy (non-hydrogen) atoms. The molecule has 0 aromatic carbocycles. The summed E-state index contributed by atoms with van der Waals surface area (Å²) in [7, 11) is 0. The first-order valence-electron chi connectivity index (χ1n) is 4.62. The summed E-state index contributed by atoms with van der Waals surface area (Å²) in [5, 5.41) is 0. The first-order valence-corrected chi connectivity index (χ1v) is 4.62. The number of rotatable bonds is 5. The van der Waals surface area contributed by atoms with Crippen LogP contribution >= 0.6 is 0 Å². The van der Waals surface area contributed by atoms with E-state index in [2.05, 4.69) is 4.74 Å². The summed E-state index contributed by atoms with van der Waals surface area (Å²) in [6.07, 6.45) is -4.81. The zero-order valence-electron chi connectivity index (χ0n) is 8.56. The smallest absolute Gasteiger partial charge is 0.450 e. The molecule has 0 fully saturated rings. The van der Waals surface area contributed by atoms with Crippen molar-refractivity contribution in [3.63, 3.8) is 0 Å². The van der Waals surface area contributed by atoms with Crippen LogP contribution in [0.25, 0.3) is 0 Å². The minimum absolute atomic E-state index is 0.0375. The van der Waals surface area contributed by atoms with Gasteiger partial charge in [-0.1, -0.05) is 13.3 Å². The molecule has 0 amide bonds. The van der Waals surface area contributed by atoms with Crippen LogP contribution < -0.4 is 0 Å². The highest BCUT2D eigenvalue weighted by Gasteiger charge is 2.46. The second-order valence-electron chi connectivity index (χ2n) is 2.96. The van der Waals surface area contributed by atoms with Gasteiger partial charge in [0.2, 0.25) is 5.78 Å². The van der Waals surface area contributed by atoms with Crippen molar-refractivity contribution in [2.45, 2.75) is 32.9 Å². The molecule has 88 valence electrons. The third-order valence-electron chi connectivity index (χ3n) is 1.74. The van der Waals surface area contributed by atoms with E-state index in [-0.39, 0.29) is 13.0 Å². The standard InChI is InChI=1S/C9H13F3O3/c1-3-5-6(8(14)15-4-2)7(13)9(10,11)12/h6H,3-5H2,1-2H3/t6-/m0/s1. The molecule has 0 aromatic heterocycles. The van der Waals surface area contributed by atoms with Crippen molar-refractivity contribution in [2.75, 3.05) is 6.61 Å². The third kappa shape index (κ3) is 4.31.